The Morgan fingerprint density at radius 1 is 1.42 bits per heavy atom. The van der Waals surface area contributed by atoms with Gasteiger partial charge in [-0.1, -0.05) is 11.8 Å². The molecule has 26 heavy (non-hydrogen) atoms. The molecule has 0 spiro atoms. The van der Waals surface area contributed by atoms with Crippen molar-refractivity contribution >= 4 is 39.3 Å². The Labute approximate surface area is 159 Å². The average molecular weight is 393 g/mol. The Balaban J connectivity index is 2.01. The fourth-order valence-electron chi connectivity index (χ4n) is 2.54. The van der Waals surface area contributed by atoms with Crippen molar-refractivity contribution in [2.45, 2.75) is 45.5 Å². The number of hydrogen-bond acceptors (Lipinski definition) is 7. The van der Waals surface area contributed by atoms with Gasteiger partial charge in [-0.15, -0.1) is 11.3 Å². The van der Waals surface area contributed by atoms with E-state index in [0.717, 1.165) is 10.4 Å². The first-order valence-corrected chi connectivity index (χ1v) is 10.0. The Bertz CT molecular complexity index is 987. The summed E-state index contributed by atoms with van der Waals surface area (Å²) in [5.41, 5.74) is 0.833. The van der Waals surface area contributed by atoms with Gasteiger partial charge < -0.3 is 9.15 Å². The van der Waals surface area contributed by atoms with Gasteiger partial charge in [0.25, 0.3) is 5.56 Å². The van der Waals surface area contributed by atoms with Gasteiger partial charge in [0.2, 0.25) is 0 Å². The van der Waals surface area contributed by atoms with Crippen LogP contribution in [0.2, 0.25) is 0 Å². The number of aryl methyl sites for hydroxylation is 2. The van der Waals surface area contributed by atoms with E-state index < -0.39 is 0 Å². The van der Waals surface area contributed by atoms with Crippen LogP contribution in [0, 0.1) is 13.8 Å². The second-order valence-corrected chi connectivity index (χ2v) is 8.30. The number of ether oxygens (including phenoxy) is 1. The Morgan fingerprint density at radius 2 is 2.19 bits per heavy atom. The quantitative estimate of drug-likeness (QED) is 0.361. The third-order valence-electron chi connectivity index (χ3n) is 3.83. The molecule has 8 heteroatoms. The van der Waals surface area contributed by atoms with Crippen molar-refractivity contribution in [3.63, 3.8) is 0 Å². The van der Waals surface area contributed by atoms with Crippen LogP contribution in [0.4, 0.5) is 0 Å². The van der Waals surface area contributed by atoms with Crippen molar-refractivity contribution in [1.29, 1.82) is 0 Å². The molecular formula is C18H20N2O4S2. The minimum Gasteiger partial charge on any atom is -0.467 e. The predicted octanol–water partition coefficient (Wildman–Crippen LogP) is 3.76. The van der Waals surface area contributed by atoms with E-state index in [1.807, 2.05) is 19.9 Å². The summed E-state index contributed by atoms with van der Waals surface area (Å²) >= 11 is 2.70. The van der Waals surface area contributed by atoms with E-state index in [1.54, 1.807) is 30.7 Å². The van der Waals surface area contributed by atoms with Gasteiger partial charge in [-0.2, -0.15) is 0 Å². The summed E-state index contributed by atoms with van der Waals surface area (Å²) in [6, 6.07) is 3.59. The molecule has 3 heterocycles. The van der Waals surface area contributed by atoms with E-state index >= 15 is 0 Å². The highest BCUT2D eigenvalue weighted by atomic mass is 32.2. The zero-order chi connectivity index (χ0) is 18.8. The van der Waals surface area contributed by atoms with Gasteiger partial charge >= 0.3 is 5.97 Å². The van der Waals surface area contributed by atoms with Gasteiger partial charge in [-0.3, -0.25) is 14.2 Å². The summed E-state index contributed by atoms with van der Waals surface area (Å²) in [7, 11) is 0. The van der Waals surface area contributed by atoms with Crippen LogP contribution < -0.4 is 5.56 Å². The highest BCUT2D eigenvalue weighted by Gasteiger charge is 2.19. The van der Waals surface area contributed by atoms with E-state index in [0.29, 0.717) is 21.1 Å². The fourth-order valence-corrected chi connectivity index (χ4v) is 4.39. The topological polar surface area (TPSA) is 74.3 Å². The first-order chi connectivity index (χ1) is 12.4. The van der Waals surface area contributed by atoms with Crippen molar-refractivity contribution in [3.05, 3.63) is 45.0 Å². The molecule has 6 nitrogen and oxygen atoms in total. The number of esters is 1. The summed E-state index contributed by atoms with van der Waals surface area (Å²) in [4.78, 5) is 31.4. The van der Waals surface area contributed by atoms with Gasteiger partial charge in [0.05, 0.1) is 30.1 Å². The molecule has 0 saturated heterocycles. The molecule has 138 valence electrons. The smallest absolute Gasteiger partial charge is 0.316 e. The van der Waals surface area contributed by atoms with Crippen molar-refractivity contribution in [3.8, 4) is 0 Å². The second kappa shape index (κ2) is 7.67. The summed E-state index contributed by atoms with van der Waals surface area (Å²) in [5.74, 6) is 0.421. The van der Waals surface area contributed by atoms with Crippen LogP contribution in [-0.2, 0) is 16.1 Å². The van der Waals surface area contributed by atoms with Crippen LogP contribution in [0.1, 0.15) is 30.0 Å². The minimum absolute atomic E-state index is 0.0949. The molecule has 0 amide bonds. The Hall–Kier alpha value is -2.06. The lowest BCUT2D eigenvalue weighted by Crippen LogP contribution is -2.24. The predicted molar refractivity (Wildman–Crippen MR) is 103 cm³/mol. The van der Waals surface area contributed by atoms with Crippen molar-refractivity contribution < 1.29 is 13.9 Å². The van der Waals surface area contributed by atoms with E-state index in [2.05, 4.69) is 4.98 Å². The lowest BCUT2D eigenvalue weighted by Gasteiger charge is -2.12. The highest BCUT2D eigenvalue weighted by Crippen LogP contribution is 2.28. The number of thioether (sulfide) groups is 1. The molecular weight excluding hydrogens is 372 g/mol. The average Bonchev–Trinajstić information content (AvgIpc) is 3.17. The molecule has 0 aliphatic rings. The molecule has 0 radical (unpaired) electrons. The first-order valence-electron chi connectivity index (χ1n) is 8.22. The molecule has 3 aromatic heterocycles. The minimum atomic E-state index is -0.331. The monoisotopic (exact) mass is 392 g/mol. The normalized spacial score (nSPS) is 11.4. The first kappa shape index (κ1) is 18.7. The Kier molecular flexibility index (Phi) is 5.52. The van der Waals surface area contributed by atoms with Crippen LogP contribution in [0.5, 0.6) is 0 Å². The second-order valence-electron chi connectivity index (χ2n) is 6.16. The summed E-state index contributed by atoms with van der Waals surface area (Å²) in [6.45, 7) is 7.78. The third kappa shape index (κ3) is 3.86. The number of hydrogen-bond donors (Lipinski definition) is 0. The van der Waals surface area contributed by atoms with Gasteiger partial charge in [-0.25, -0.2) is 4.98 Å². The molecule has 0 aliphatic carbocycles. The molecule has 0 unspecified atom stereocenters. The highest BCUT2D eigenvalue weighted by molar-refractivity contribution is 7.99. The zero-order valence-corrected chi connectivity index (χ0v) is 16.7. The SMILES string of the molecule is Cc1sc2nc(SCC(=O)OC(C)C)n(Cc3ccco3)c(=O)c2c1C. The van der Waals surface area contributed by atoms with E-state index in [1.165, 1.54) is 23.1 Å². The molecule has 0 fully saturated rings. The molecule has 3 aromatic rings. The van der Waals surface area contributed by atoms with Gasteiger partial charge in [0.1, 0.15) is 10.6 Å². The van der Waals surface area contributed by atoms with Gasteiger partial charge in [0, 0.05) is 4.88 Å². The lowest BCUT2D eigenvalue weighted by molar-refractivity contribution is -0.144. The van der Waals surface area contributed by atoms with Crippen LogP contribution in [-0.4, -0.2) is 27.4 Å². The standard InChI is InChI=1S/C18H20N2O4S2/c1-10(2)24-14(21)9-25-18-19-16-15(11(3)12(4)26-16)17(22)20(18)8-13-6-5-7-23-13/h5-7,10H,8-9H2,1-4H3. The van der Waals surface area contributed by atoms with Crippen molar-refractivity contribution in [1.82, 2.24) is 9.55 Å². The maximum atomic E-state index is 13.1. The van der Waals surface area contributed by atoms with Crippen LogP contribution >= 0.6 is 23.1 Å². The maximum absolute atomic E-state index is 13.1. The number of furan rings is 1. The van der Waals surface area contributed by atoms with Crippen molar-refractivity contribution in [2.75, 3.05) is 5.75 Å². The van der Waals surface area contributed by atoms with E-state index in [-0.39, 0.29) is 29.9 Å². The summed E-state index contributed by atoms with van der Waals surface area (Å²) in [5, 5.41) is 1.12. The molecule has 0 aliphatic heterocycles. The van der Waals surface area contributed by atoms with E-state index in [9.17, 15) is 9.59 Å². The molecule has 3 rings (SSSR count). The molecule has 0 bridgehead atoms. The number of nitrogens with zero attached hydrogens (tertiary/aromatic N) is 2. The Morgan fingerprint density at radius 3 is 2.85 bits per heavy atom. The van der Waals surface area contributed by atoms with Gasteiger partial charge in [-0.05, 0) is 45.4 Å². The summed E-state index contributed by atoms with van der Waals surface area (Å²) in [6.07, 6.45) is 1.39. The summed E-state index contributed by atoms with van der Waals surface area (Å²) < 4.78 is 12.1. The number of carbonyl (C=O) groups is 1. The molecule has 0 atom stereocenters. The number of aromatic nitrogens is 2. The largest absolute Gasteiger partial charge is 0.467 e. The molecule has 0 aromatic carbocycles. The van der Waals surface area contributed by atoms with Crippen molar-refractivity contribution in [2.24, 2.45) is 0 Å². The van der Waals surface area contributed by atoms with Gasteiger partial charge in [0.15, 0.2) is 5.16 Å². The van der Waals surface area contributed by atoms with Crippen LogP contribution in [0.15, 0.2) is 32.8 Å². The molecule has 0 N–H and O–H groups in total. The number of fused-ring (bicyclic) bond motifs is 1. The fraction of sp³-hybridized carbons (Fsp3) is 0.389. The molecule has 0 saturated carbocycles. The lowest BCUT2D eigenvalue weighted by atomic mass is 10.2. The van der Waals surface area contributed by atoms with Crippen LogP contribution in [0.25, 0.3) is 10.2 Å². The zero-order valence-electron chi connectivity index (χ0n) is 15.1. The number of rotatable bonds is 6. The third-order valence-corrected chi connectivity index (χ3v) is 5.89. The van der Waals surface area contributed by atoms with Crippen LogP contribution in [0.3, 0.4) is 0 Å². The number of thiophene rings is 1. The number of carbonyl (C=O) groups excluding carboxylic acids is 1. The van der Waals surface area contributed by atoms with E-state index in [4.69, 9.17) is 9.15 Å². The maximum Gasteiger partial charge on any atom is 0.316 e.